The molecule has 0 bridgehead atoms. The van der Waals surface area contributed by atoms with Crippen LogP contribution in [0.1, 0.15) is 41.3 Å². The number of thioether (sulfide) groups is 1. The summed E-state index contributed by atoms with van der Waals surface area (Å²) in [6.45, 7) is 2.16. The molecule has 0 heterocycles. The summed E-state index contributed by atoms with van der Waals surface area (Å²) in [5.41, 5.74) is 7.94. The van der Waals surface area contributed by atoms with Crippen molar-refractivity contribution in [1.82, 2.24) is 10.9 Å². The monoisotopic (exact) mass is 406 g/mol. The third kappa shape index (κ3) is 6.09. The predicted molar refractivity (Wildman–Crippen MR) is 121 cm³/mol. The van der Waals surface area contributed by atoms with E-state index in [0.717, 1.165) is 25.0 Å². The van der Waals surface area contributed by atoms with Gasteiger partial charge < -0.3 is 0 Å². The Balaban J connectivity index is 1.43. The van der Waals surface area contributed by atoms with Crippen molar-refractivity contribution in [2.75, 3.05) is 5.75 Å². The molecule has 0 unspecified atom stereocenters. The molecular formula is C24H26N2O2S. The van der Waals surface area contributed by atoms with Crippen LogP contribution in [0, 0.1) is 0 Å². The number of rotatable bonds is 8. The highest BCUT2D eigenvalue weighted by atomic mass is 32.2. The molecule has 3 aromatic carbocycles. The molecule has 0 fully saturated rings. The zero-order valence-corrected chi connectivity index (χ0v) is 17.4. The lowest BCUT2D eigenvalue weighted by Gasteiger charge is -2.09. The molecule has 0 saturated heterocycles. The molecule has 3 aromatic rings. The van der Waals surface area contributed by atoms with Crippen LogP contribution in [0.2, 0.25) is 0 Å². The van der Waals surface area contributed by atoms with Crippen LogP contribution in [0.3, 0.4) is 0 Å². The predicted octanol–water partition coefficient (Wildman–Crippen LogP) is 4.88. The second kappa shape index (κ2) is 10.7. The SMILES string of the molecule is CCCCc1ccc(C(=O)NNC(=O)CSCc2cccc3ccccc23)cc1. The number of benzene rings is 3. The summed E-state index contributed by atoms with van der Waals surface area (Å²) in [6, 6.07) is 21.9. The van der Waals surface area contributed by atoms with E-state index in [1.165, 1.54) is 33.7 Å². The zero-order valence-electron chi connectivity index (χ0n) is 16.6. The second-order valence-electron chi connectivity index (χ2n) is 6.93. The van der Waals surface area contributed by atoms with Gasteiger partial charge in [0.2, 0.25) is 5.91 Å². The number of hydrogen-bond donors (Lipinski definition) is 2. The molecule has 0 aromatic heterocycles. The third-order valence-corrected chi connectivity index (χ3v) is 5.70. The summed E-state index contributed by atoms with van der Waals surface area (Å²) in [6.07, 6.45) is 3.30. The van der Waals surface area contributed by atoms with Crippen molar-refractivity contribution in [1.29, 1.82) is 0 Å². The first-order chi connectivity index (χ1) is 14.2. The number of carbonyl (C=O) groups excluding carboxylic acids is 2. The summed E-state index contributed by atoms with van der Waals surface area (Å²) in [4.78, 5) is 24.2. The highest BCUT2D eigenvalue weighted by Gasteiger charge is 2.08. The first-order valence-electron chi connectivity index (χ1n) is 9.90. The van der Waals surface area contributed by atoms with Crippen molar-refractivity contribution in [2.24, 2.45) is 0 Å². The fourth-order valence-corrected chi connectivity index (χ4v) is 3.94. The number of unbranched alkanes of at least 4 members (excludes halogenated alkanes) is 1. The highest BCUT2D eigenvalue weighted by molar-refractivity contribution is 7.99. The van der Waals surface area contributed by atoms with Gasteiger partial charge in [0.15, 0.2) is 0 Å². The van der Waals surface area contributed by atoms with Gasteiger partial charge in [0.05, 0.1) is 5.75 Å². The van der Waals surface area contributed by atoms with Crippen LogP contribution in [0.4, 0.5) is 0 Å². The number of fused-ring (bicyclic) bond motifs is 1. The fraction of sp³-hybridized carbons (Fsp3) is 0.250. The summed E-state index contributed by atoms with van der Waals surface area (Å²) in [5, 5.41) is 2.40. The van der Waals surface area contributed by atoms with E-state index in [0.29, 0.717) is 5.56 Å². The summed E-state index contributed by atoms with van der Waals surface area (Å²) in [5.74, 6) is 0.490. The topological polar surface area (TPSA) is 58.2 Å². The van der Waals surface area contributed by atoms with Crippen LogP contribution in [0.15, 0.2) is 66.7 Å². The molecule has 0 saturated carbocycles. The van der Waals surface area contributed by atoms with E-state index in [1.807, 2.05) is 30.3 Å². The summed E-state index contributed by atoms with van der Waals surface area (Å²) in [7, 11) is 0. The van der Waals surface area contributed by atoms with Gasteiger partial charge in [-0.05, 0) is 46.9 Å². The average molecular weight is 407 g/mol. The Kier molecular flexibility index (Phi) is 7.70. The molecule has 0 spiro atoms. The number of nitrogens with one attached hydrogen (secondary N) is 2. The van der Waals surface area contributed by atoms with Crippen molar-refractivity contribution in [3.8, 4) is 0 Å². The highest BCUT2D eigenvalue weighted by Crippen LogP contribution is 2.22. The zero-order chi connectivity index (χ0) is 20.5. The number of aryl methyl sites for hydroxylation is 1. The molecule has 150 valence electrons. The van der Waals surface area contributed by atoms with Gasteiger partial charge in [-0.2, -0.15) is 0 Å². The molecular weight excluding hydrogens is 380 g/mol. The maximum Gasteiger partial charge on any atom is 0.269 e. The Morgan fingerprint density at radius 3 is 2.45 bits per heavy atom. The third-order valence-electron chi connectivity index (χ3n) is 4.72. The van der Waals surface area contributed by atoms with E-state index in [4.69, 9.17) is 0 Å². The molecule has 0 radical (unpaired) electrons. The molecule has 0 aliphatic rings. The van der Waals surface area contributed by atoms with Crippen molar-refractivity contribution in [3.63, 3.8) is 0 Å². The molecule has 0 aliphatic carbocycles. The van der Waals surface area contributed by atoms with E-state index in [9.17, 15) is 9.59 Å². The number of hydrazine groups is 1. The van der Waals surface area contributed by atoms with Gasteiger partial charge in [-0.15, -0.1) is 11.8 Å². The van der Waals surface area contributed by atoms with Crippen LogP contribution >= 0.6 is 11.8 Å². The van der Waals surface area contributed by atoms with Gasteiger partial charge in [0.1, 0.15) is 0 Å². The Morgan fingerprint density at radius 1 is 0.897 bits per heavy atom. The Morgan fingerprint density at radius 2 is 1.66 bits per heavy atom. The number of amides is 2. The molecule has 29 heavy (non-hydrogen) atoms. The minimum absolute atomic E-state index is 0.219. The molecule has 0 aliphatic heterocycles. The van der Waals surface area contributed by atoms with Gasteiger partial charge in [0, 0.05) is 11.3 Å². The standard InChI is InChI=1S/C24H26N2O2S/c1-2-3-7-18-12-14-20(15-13-18)24(28)26-25-23(27)17-29-16-21-10-6-9-19-8-4-5-11-22(19)21/h4-6,8-15H,2-3,7,16-17H2,1H3,(H,25,27)(H,26,28). The van der Waals surface area contributed by atoms with Crippen LogP contribution in [0.5, 0.6) is 0 Å². The summed E-state index contributed by atoms with van der Waals surface area (Å²) >= 11 is 1.52. The summed E-state index contributed by atoms with van der Waals surface area (Å²) < 4.78 is 0. The quantitative estimate of drug-likeness (QED) is 0.524. The Hall–Kier alpha value is -2.79. The number of hydrogen-bond acceptors (Lipinski definition) is 3. The van der Waals surface area contributed by atoms with Crippen molar-refractivity contribution >= 4 is 34.3 Å². The van der Waals surface area contributed by atoms with Crippen molar-refractivity contribution < 1.29 is 9.59 Å². The van der Waals surface area contributed by atoms with Gasteiger partial charge in [-0.25, -0.2) is 0 Å². The minimum Gasteiger partial charge on any atom is -0.272 e. The van der Waals surface area contributed by atoms with Crippen molar-refractivity contribution in [3.05, 3.63) is 83.4 Å². The van der Waals surface area contributed by atoms with Gasteiger partial charge in [0.25, 0.3) is 5.91 Å². The van der Waals surface area contributed by atoms with Crippen molar-refractivity contribution in [2.45, 2.75) is 31.9 Å². The molecule has 3 rings (SSSR count). The Labute approximate surface area is 176 Å². The molecule has 2 amide bonds. The first kappa shape index (κ1) is 20.9. The molecule has 0 atom stereocenters. The number of carbonyl (C=O) groups is 2. The van der Waals surface area contributed by atoms with E-state index in [2.05, 4.69) is 42.0 Å². The normalized spacial score (nSPS) is 10.7. The molecule has 4 nitrogen and oxygen atoms in total. The minimum atomic E-state index is -0.306. The van der Waals surface area contributed by atoms with E-state index in [-0.39, 0.29) is 17.6 Å². The van der Waals surface area contributed by atoms with E-state index < -0.39 is 0 Å². The van der Waals surface area contributed by atoms with E-state index >= 15 is 0 Å². The smallest absolute Gasteiger partial charge is 0.269 e. The lowest BCUT2D eigenvalue weighted by Crippen LogP contribution is -2.42. The van der Waals surface area contributed by atoms with Crippen LogP contribution in [-0.4, -0.2) is 17.6 Å². The second-order valence-corrected chi connectivity index (χ2v) is 7.92. The Bertz CT molecular complexity index is 965. The average Bonchev–Trinajstić information content (AvgIpc) is 2.76. The molecule has 2 N–H and O–H groups in total. The lowest BCUT2D eigenvalue weighted by atomic mass is 10.1. The van der Waals surface area contributed by atoms with Crippen LogP contribution < -0.4 is 10.9 Å². The van der Waals surface area contributed by atoms with Gasteiger partial charge in [-0.3, -0.25) is 20.4 Å². The van der Waals surface area contributed by atoms with E-state index in [1.54, 1.807) is 12.1 Å². The van der Waals surface area contributed by atoms with Crippen LogP contribution in [-0.2, 0) is 17.0 Å². The van der Waals surface area contributed by atoms with Gasteiger partial charge >= 0.3 is 0 Å². The fourth-order valence-electron chi connectivity index (χ4n) is 3.11. The molecule has 5 heteroatoms. The maximum atomic E-state index is 12.2. The first-order valence-corrected chi connectivity index (χ1v) is 11.1. The maximum absolute atomic E-state index is 12.2. The largest absolute Gasteiger partial charge is 0.272 e. The van der Waals surface area contributed by atoms with Gasteiger partial charge in [-0.1, -0.05) is 67.9 Å². The lowest BCUT2D eigenvalue weighted by molar-refractivity contribution is -0.119. The van der Waals surface area contributed by atoms with Crippen LogP contribution in [0.25, 0.3) is 10.8 Å².